The van der Waals surface area contributed by atoms with Gasteiger partial charge >= 0.3 is 6.18 Å². The van der Waals surface area contributed by atoms with Gasteiger partial charge in [-0.2, -0.15) is 18.3 Å². The fourth-order valence-corrected chi connectivity index (χ4v) is 2.50. The number of benzene rings is 1. The number of anilines is 1. The summed E-state index contributed by atoms with van der Waals surface area (Å²) in [6.07, 6.45) is -2.79. The smallest absolute Gasteiger partial charge is 0.416 e. The summed E-state index contributed by atoms with van der Waals surface area (Å²) in [6.45, 7) is 3.09. The first-order valence-electron chi connectivity index (χ1n) is 6.91. The molecule has 0 unspecified atom stereocenters. The predicted octanol–water partition coefficient (Wildman–Crippen LogP) is 3.72. The van der Waals surface area contributed by atoms with Crippen molar-refractivity contribution >= 4 is 17.3 Å². The van der Waals surface area contributed by atoms with Crippen LogP contribution in [0.4, 0.5) is 18.9 Å². The van der Waals surface area contributed by atoms with E-state index in [1.165, 1.54) is 12.1 Å². The molecule has 2 heterocycles. The molecular weight excluding hydrogens is 331 g/mol. The summed E-state index contributed by atoms with van der Waals surface area (Å²) >= 11 is 5.93. The molecule has 0 saturated carbocycles. The van der Waals surface area contributed by atoms with Gasteiger partial charge in [-0.05, 0) is 31.2 Å². The van der Waals surface area contributed by atoms with Crippen molar-refractivity contribution in [2.24, 2.45) is 0 Å². The molecular formula is C15H13ClF3N3O. The van der Waals surface area contributed by atoms with Crippen LogP contribution in [-0.4, -0.2) is 29.4 Å². The number of aromatic nitrogens is 2. The Labute approximate surface area is 135 Å². The molecule has 1 aromatic heterocycles. The number of halogens is 4. The van der Waals surface area contributed by atoms with Gasteiger partial charge in [0.25, 0.3) is 0 Å². The summed E-state index contributed by atoms with van der Waals surface area (Å²) < 4.78 is 43.2. The van der Waals surface area contributed by atoms with Crippen molar-refractivity contribution in [3.05, 3.63) is 46.7 Å². The van der Waals surface area contributed by atoms with Gasteiger partial charge in [0, 0.05) is 5.56 Å². The van der Waals surface area contributed by atoms with E-state index in [-0.39, 0.29) is 6.10 Å². The lowest BCUT2D eigenvalue weighted by Crippen LogP contribution is -2.54. The summed E-state index contributed by atoms with van der Waals surface area (Å²) in [7, 11) is 0. The molecule has 0 amide bonds. The molecule has 0 spiro atoms. The van der Waals surface area contributed by atoms with E-state index in [0.717, 1.165) is 23.4 Å². The fraction of sp³-hybridized carbons (Fsp3) is 0.333. The lowest BCUT2D eigenvalue weighted by Gasteiger charge is -2.41. The van der Waals surface area contributed by atoms with E-state index in [1.807, 2.05) is 11.8 Å². The highest BCUT2D eigenvalue weighted by atomic mass is 35.5. The third kappa shape index (κ3) is 3.34. The number of hydrogen-bond donors (Lipinski definition) is 0. The standard InChI is InChI=1S/C15H13ClF3N3O/c1-9-13(6-20-21-14(9)16)22-7-12(8-22)23-11-4-2-10(3-5-11)15(17,18)19/h2-6,12H,7-8H2,1H3. The third-order valence-electron chi connectivity index (χ3n) is 3.69. The minimum absolute atomic E-state index is 0.0851. The average Bonchev–Trinajstić information content (AvgIpc) is 2.45. The Kier molecular flexibility index (Phi) is 4.06. The maximum Gasteiger partial charge on any atom is 0.416 e. The minimum Gasteiger partial charge on any atom is -0.487 e. The van der Waals surface area contributed by atoms with E-state index in [4.69, 9.17) is 16.3 Å². The topological polar surface area (TPSA) is 38.2 Å². The van der Waals surface area contributed by atoms with Crippen molar-refractivity contribution in [3.63, 3.8) is 0 Å². The van der Waals surface area contributed by atoms with Crippen molar-refractivity contribution in [2.45, 2.75) is 19.2 Å². The van der Waals surface area contributed by atoms with Crippen molar-refractivity contribution in [1.29, 1.82) is 0 Å². The molecule has 122 valence electrons. The van der Waals surface area contributed by atoms with Gasteiger partial charge in [-0.3, -0.25) is 0 Å². The molecule has 0 atom stereocenters. The highest BCUT2D eigenvalue weighted by Gasteiger charge is 2.32. The molecule has 1 fully saturated rings. The average molecular weight is 344 g/mol. The molecule has 0 aliphatic carbocycles. The summed E-state index contributed by atoms with van der Waals surface area (Å²) in [5.41, 5.74) is 1.04. The summed E-state index contributed by atoms with van der Waals surface area (Å²) in [5, 5.41) is 7.94. The summed E-state index contributed by atoms with van der Waals surface area (Å²) in [6, 6.07) is 4.70. The molecule has 2 aromatic rings. The van der Waals surface area contributed by atoms with Crippen molar-refractivity contribution in [2.75, 3.05) is 18.0 Å². The Bertz CT molecular complexity index is 700. The van der Waals surface area contributed by atoms with Gasteiger partial charge in [-0.15, -0.1) is 5.10 Å². The molecule has 1 aliphatic rings. The van der Waals surface area contributed by atoms with E-state index < -0.39 is 11.7 Å². The van der Waals surface area contributed by atoms with Crippen LogP contribution in [0.3, 0.4) is 0 Å². The molecule has 1 aromatic carbocycles. The van der Waals surface area contributed by atoms with Gasteiger partial charge in [0.1, 0.15) is 11.9 Å². The Balaban J connectivity index is 1.59. The number of rotatable bonds is 3. The van der Waals surface area contributed by atoms with Crippen molar-refractivity contribution in [3.8, 4) is 5.75 Å². The van der Waals surface area contributed by atoms with Crippen LogP contribution >= 0.6 is 11.6 Å². The number of ether oxygens (including phenoxy) is 1. The SMILES string of the molecule is Cc1c(N2CC(Oc3ccc(C(F)(F)F)cc3)C2)cnnc1Cl. The first-order chi connectivity index (χ1) is 10.8. The maximum atomic E-state index is 12.5. The fourth-order valence-electron chi connectivity index (χ4n) is 2.35. The Morgan fingerprint density at radius 2 is 1.87 bits per heavy atom. The van der Waals surface area contributed by atoms with Gasteiger partial charge in [0.05, 0.1) is 30.5 Å². The first-order valence-corrected chi connectivity index (χ1v) is 7.29. The second-order valence-corrected chi connectivity index (χ2v) is 5.67. The largest absolute Gasteiger partial charge is 0.487 e. The Hall–Kier alpha value is -2.02. The van der Waals surface area contributed by atoms with Crippen molar-refractivity contribution < 1.29 is 17.9 Å². The second kappa shape index (κ2) is 5.88. The van der Waals surface area contributed by atoms with Crippen LogP contribution in [0, 0.1) is 6.92 Å². The van der Waals surface area contributed by atoms with Crippen molar-refractivity contribution in [1.82, 2.24) is 10.2 Å². The molecule has 1 aliphatic heterocycles. The number of alkyl halides is 3. The highest BCUT2D eigenvalue weighted by Crippen LogP contribution is 2.32. The van der Waals surface area contributed by atoms with E-state index in [1.54, 1.807) is 6.20 Å². The van der Waals surface area contributed by atoms with Crippen LogP contribution < -0.4 is 9.64 Å². The Morgan fingerprint density at radius 1 is 1.22 bits per heavy atom. The number of nitrogens with zero attached hydrogens (tertiary/aromatic N) is 3. The van der Waals surface area contributed by atoms with E-state index in [2.05, 4.69) is 10.2 Å². The zero-order chi connectivity index (χ0) is 16.6. The van der Waals surface area contributed by atoms with E-state index in [9.17, 15) is 13.2 Å². The third-order valence-corrected chi connectivity index (χ3v) is 4.05. The normalized spacial score (nSPS) is 15.4. The maximum absolute atomic E-state index is 12.5. The highest BCUT2D eigenvalue weighted by molar-refractivity contribution is 6.30. The van der Waals surface area contributed by atoms with Gasteiger partial charge in [0.2, 0.25) is 0 Å². The molecule has 23 heavy (non-hydrogen) atoms. The van der Waals surface area contributed by atoms with Crippen LogP contribution in [0.2, 0.25) is 5.15 Å². The van der Waals surface area contributed by atoms with E-state index in [0.29, 0.717) is 24.0 Å². The Morgan fingerprint density at radius 3 is 2.48 bits per heavy atom. The quantitative estimate of drug-likeness (QED) is 0.851. The predicted molar refractivity (Wildman–Crippen MR) is 79.9 cm³/mol. The van der Waals surface area contributed by atoms with Crippen LogP contribution in [-0.2, 0) is 6.18 Å². The lowest BCUT2D eigenvalue weighted by molar-refractivity contribution is -0.137. The first kappa shape index (κ1) is 15.9. The van der Waals surface area contributed by atoms with Gasteiger partial charge in [0.15, 0.2) is 5.15 Å². The molecule has 3 rings (SSSR count). The molecule has 1 saturated heterocycles. The molecule has 0 bridgehead atoms. The number of hydrogen-bond acceptors (Lipinski definition) is 4. The van der Waals surface area contributed by atoms with Gasteiger partial charge in [-0.1, -0.05) is 11.6 Å². The molecule has 4 nitrogen and oxygen atoms in total. The zero-order valence-electron chi connectivity index (χ0n) is 12.1. The minimum atomic E-state index is -4.34. The zero-order valence-corrected chi connectivity index (χ0v) is 12.9. The lowest BCUT2D eigenvalue weighted by atomic mass is 10.1. The van der Waals surface area contributed by atoms with E-state index >= 15 is 0 Å². The molecule has 0 N–H and O–H groups in total. The second-order valence-electron chi connectivity index (χ2n) is 5.31. The monoisotopic (exact) mass is 343 g/mol. The van der Waals surface area contributed by atoms with Crippen LogP contribution in [0.25, 0.3) is 0 Å². The summed E-state index contributed by atoms with van der Waals surface area (Å²) in [5.74, 6) is 0.422. The summed E-state index contributed by atoms with van der Waals surface area (Å²) in [4.78, 5) is 2.03. The van der Waals surface area contributed by atoms with Gasteiger partial charge < -0.3 is 9.64 Å². The molecule has 8 heteroatoms. The van der Waals surface area contributed by atoms with Crippen LogP contribution in [0.1, 0.15) is 11.1 Å². The van der Waals surface area contributed by atoms with Gasteiger partial charge in [-0.25, -0.2) is 0 Å². The molecule has 0 radical (unpaired) electrons. The van der Waals surface area contributed by atoms with Crippen LogP contribution in [0.15, 0.2) is 30.5 Å². The van der Waals surface area contributed by atoms with Crippen LogP contribution in [0.5, 0.6) is 5.75 Å².